The number of rotatable bonds is 6. The fourth-order valence-electron chi connectivity index (χ4n) is 2.11. The zero-order valence-corrected chi connectivity index (χ0v) is 12.8. The van der Waals surface area contributed by atoms with Gasteiger partial charge in [0.05, 0.1) is 12.1 Å². The molecule has 0 saturated heterocycles. The van der Waals surface area contributed by atoms with Gasteiger partial charge in [-0.1, -0.05) is 17.3 Å². The lowest BCUT2D eigenvalue weighted by Crippen LogP contribution is -2.27. The molecule has 1 saturated carbocycles. The van der Waals surface area contributed by atoms with Gasteiger partial charge in [-0.3, -0.25) is 9.59 Å². The van der Waals surface area contributed by atoms with Crippen molar-refractivity contribution in [2.24, 2.45) is 0 Å². The molecule has 0 spiro atoms. The summed E-state index contributed by atoms with van der Waals surface area (Å²) in [5.41, 5.74) is 1.15. The van der Waals surface area contributed by atoms with Crippen molar-refractivity contribution in [1.29, 1.82) is 0 Å². The number of nitrogens with zero attached hydrogens (tertiary/aromatic N) is 1. The van der Waals surface area contributed by atoms with E-state index in [2.05, 4.69) is 21.1 Å². The van der Waals surface area contributed by atoms with E-state index in [4.69, 9.17) is 4.52 Å². The Kier molecular flexibility index (Phi) is 4.27. The van der Waals surface area contributed by atoms with E-state index in [9.17, 15) is 9.59 Å². The molecule has 3 N–H and O–H groups in total. The maximum absolute atomic E-state index is 12.2. The fourth-order valence-corrected chi connectivity index (χ4v) is 2.11. The first-order valence-corrected chi connectivity index (χ1v) is 7.49. The van der Waals surface area contributed by atoms with Gasteiger partial charge in [0.25, 0.3) is 5.91 Å². The first kappa shape index (κ1) is 15.1. The molecular weight excluding hydrogens is 296 g/mol. The molecule has 1 heterocycles. The number of aryl methyl sites for hydroxylation is 1. The lowest BCUT2D eigenvalue weighted by Gasteiger charge is -2.11. The van der Waals surface area contributed by atoms with Crippen LogP contribution in [0, 0.1) is 6.92 Å². The van der Waals surface area contributed by atoms with Crippen LogP contribution in [0.1, 0.15) is 29.0 Å². The number of hydrogen-bond donors (Lipinski definition) is 3. The molecule has 0 radical (unpaired) electrons. The second-order valence-corrected chi connectivity index (χ2v) is 5.52. The van der Waals surface area contributed by atoms with E-state index in [-0.39, 0.29) is 24.4 Å². The van der Waals surface area contributed by atoms with Crippen molar-refractivity contribution in [2.45, 2.75) is 25.8 Å². The highest BCUT2D eigenvalue weighted by atomic mass is 16.5. The number of nitrogens with one attached hydrogen (secondary N) is 3. The molecule has 3 rings (SSSR count). The first-order chi connectivity index (χ1) is 11.1. The first-order valence-electron chi connectivity index (χ1n) is 7.49. The van der Waals surface area contributed by atoms with E-state index < -0.39 is 0 Å². The maximum Gasteiger partial charge on any atom is 0.253 e. The number of para-hydroxylation sites is 1. The molecule has 0 bridgehead atoms. The Morgan fingerprint density at radius 1 is 1.30 bits per heavy atom. The molecule has 0 unspecified atom stereocenters. The maximum atomic E-state index is 12.2. The molecule has 7 nitrogen and oxygen atoms in total. The predicted molar refractivity (Wildman–Crippen MR) is 85.3 cm³/mol. The summed E-state index contributed by atoms with van der Waals surface area (Å²) >= 11 is 0. The fraction of sp³-hybridized carbons (Fsp3) is 0.312. The van der Waals surface area contributed by atoms with Crippen LogP contribution >= 0.6 is 0 Å². The van der Waals surface area contributed by atoms with E-state index >= 15 is 0 Å². The summed E-state index contributed by atoms with van der Waals surface area (Å²) in [6, 6.07) is 9.04. The Balaban J connectivity index is 1.58. The standard InChI is InChI=1S/C16H18N4O3/c1-10-8-14(20-23-10)19-15(21)9-17-13-5-3-2-4-12(13)16(22)18-11-6-7-11/h2-5,8,11,17H,6-7,9H2,1H3,(H,18,22)(H,19,20,21). The van der Waals surface area contributed by atoms with Crippen molar-refractivity contribution in [3.05, 3.63) is 41.7 Å². The van der Waals surface area contributed by atoms with Crippen LogP contribution in [-0.4, -0.2) is 29.6 Å². The van der Waals surface area contributed by atoms with Gasteiger partial charge in [0.1, 0.15) is 5.76 Å². The molecule has 120 valence electrons. The number of hydrogen-bond acceptors (Lipinski definition) is 5. The quantitative estimate of drug-likeness (QED) is 0.757. The summed E-state index contributed by atoms with van der Waals surface area (Å²) in [6.07, 6.45) is 2.06. The lowest BCUT2D eigenvalue weighted by molar-refractivity contribution is -0.114. The van der Waals surface area contributed by atoms with Crippen LogP contribution in [0.3, 0.4) is 0 Å². The smallest absolute Gasteiger partial charge is 0.253 e. The van der Waals surface area contributed by atoms with Crippen molar-refractivity contribution in [3.8, 4) is 0 Å². The number of benzene rings is 1. The van der Waals surface area contributed by atoms with Crippen molar-refractivity contribution < 1.29 is 14.1 Å². The van der Waals surface area contributed by atoms with Gasteiger partial charge in [-0.15, -0.1) is 0 Å². The predicted octanol–water partition coefficient (Wildman–Crippen LogP) is 1.93. The van der Waals surface area contributed by atoms with Crippen LogP contribution < -0.4 is 16.0 Å². The molecule has 1 fully saturated rings. The van der Waals surface area contributed by atoms with Gasteiger partial charge in [-0.2, -0.15) is 0 Å². The Hall–Kier alpha value is -2.83. The molecule has 1 aliphatic carbocycles. The van der Waals surface area contributed by atoms with Gasteiger partial charge in [-0.05, 0) is 31.9 Å². The van der Waals surface area contributed by atoms with Crippen LogP contribution in [0.25, 0.3) is 0 Å². The summed E-state index contributed by atoms with van der Waals surface area (Å²) in [5.74, 6) is 0.600. The van der Waals surface area contributed by atoms with Crippen molar-refractivity contribution in [1.82, 2.24) is 10.5 Å². The molecule has 0 aliphatic heterocycles. The number of anilines is 2. The molecule has 0 atom stereocenters. The molecule has 1 aromatic heterocycles. The Bertz CT molecular complexity index is 722. The zero-order chi connectivity index (χ0) is 16.2. The second-order valence-electron chi connectivity index (χ2n) is 5.52. The van der Waals surface area contributed by atoms with Crippen LogP contribution in [0.2, 0.25) is 0 Å². The third-order valence-electron chi connectivity index (χ3n) is 3.42. The van der Waals surface area contributed by atoms with Gasteiger partial charge >= 0.3 is 0 Å². The van der Waals surface area contributed by atoms with Crippen molar-refractivity contribution in [2.75, 3.05) is 17.2 Å². The molecule has 1 aliphatic rings. The van der Waals surface area contributed by atoms with Crippen LogP contribution in [0.15, 0.2) is 34.9 Å². The Labute approximate surface area is 133 Å². The third-order valence-corrected chi connectivity index (χ3v) is 3.42. The Morgan fingerprint density at radius 2 is 2.09 bits per heavy atom. The van der Waals surface area contributed by atoms with E-state index in [1.165, 1.54) is 0 Å². The van der Waals surface area contributed by atoms with Crippen LogP contribution in [0.4, 0.5) is 11.5 Å². The summed E-state index contributed by atoms with van der Waals surface area (Å²) < 4.78 is 4.88. The van der Waals surface area contributed by atoms with Crippen molar-refractivity contribution in [3.63, 3.8) is 0 Å². The summed E-state index contributed by atoms with van der Waals surface area (Å²) in [4.78, 5) is 24.1. The molecule has 2 amide bonds. The summed E-state index contributed by atoms with van der Waals surface area (Å²) in [5, 5.41) is 12.2. The topological polar surface area (TPSA) is 96.3 Å². The minimum atomic E-state index is -0.268. The van der Waals surface area contributed by atoms with E-state index in [0.29, 0.717) is 22.8 Å². The van der Waals surface area contributed by atoms with Gasteiger partial charge < -0.3 is 20.5 Å². The van der Waals surface area contributed by atoms with Crippen LogP contribution in [0.5, 0.6) is 0 Å². The van der Waals surface area contributed by atoms with Crippen LogP contribution in [-0.2, 0) is 4.79 Å². The SMILES string of the molecule is Cc1cc(NC(=O)CNc2ccccc2C(=O)NC2CC2)no1. The van der Waals surface area contributed by atoms with Gasteiger partial charge in [0.15, 0.2) is 5.82 Å². The van der Waals surface area contributed by atoms with E-state index in [1.54, 1.807) is 31.2 Å². The van der Waals surface area contributed by atoms with Gasteiger partial charge in [0, 0.05) is 17.8 Å². The second kappa shape index (κ2) is 6.51. The number of carbonyl (C=O) groups excluding carboxylic acids is 2. The largest absolute Gasteiger partial charge is 0.375 e. The monoisotopic (exact) mass is 314 g/mol. The number of amides is 2. The highest BCUT2D eigenvalue weighted by Crippen LogP contribution is 2.21. The highest BCUT2D eigenvalue weighted by molar-refractivity contribution is 6.01. The normalized spacial score (nSPS) is 13.4. The van der Waals surface area contributed by atoms with Gasteiger partial charge in [-0.25, -0.2) is 0 Å². The molecule has 1 aromatic carbocycles. The van der Waals surface area contributed by atoms with Gasteiger partial charge in [0.2, 0.25) is 5.91 Å². The molecule has 2 aromatic rings. The minimum Gasteiger partial charge on any atom is -0.375 e. The average Bonchev–Trinajstić information content (AvgIpc) is 3.26. The average molecular weight is 314 g/mol. The Morgan fingerprint density at radius 3 is 2.78 bits per heavy atom. The van der Waals surface area contributed by atoms with E-state index in [1.807, 2.05) is 6.07 Å². The molecular formula is C16H18N4O3. The molecule has 7 heteroatoms. The lowest BCUT2D eigenvalue weighted by atomic mass is 10.1. The van der Waals surface area contributed by atoms with E-state index in [0.717, 1.165) is 12.8 Å². The minimum absolute atomic E-state index is 0.0274. The molecule has 23 heavy (non-hydrogen) atoms. The zero-order valence-electron chi connectivity index (χ0n) is 12.8. The van der Waals surface area contributed by atoms with Crippen molar-refractivity contribution >= 4 is 23.3 Å². The summed E-state index contributed by atoms with van der Waals surface area (Å²) in [6.45, 7) is 1.77. The highest BCUT2D eigenvalue weighted by Gasteiger charge is 2.24. The number of aromatic nitrogens is 1. The third kappa shape index (κ3) is 4.09. The number of carbonyl (C=O) groups is 2. The summed E-state index contributed by atoms with van der Waals surface area (Å²) in [7, 11) is 0.